The molecule has 1 aliphatic carbocycles. The van der Waals surface area contributed by atoms with Crippen LogP contribution in [0.15, 0.2) is 41.1 Å². The van der Waals surface area contributed by atoms with Gasteiger partial charge in [-0.05, 0) is 30.9 Å². The van der Waals surface area contributed by atoms with Gasteiger partial charge >= 0.3 is 6.09 Å². The van der Waals surface area contributed by atoms with Gasteiger partial charge in [0.2, 0.25) is 5.89 Å². The maximum absolute atomic E-state index is 12.0. The first-order valence-electron chi connectivity index (χ1n) is 9.43. The molecular weight excluding hydrogens is 344 g/mol. The molecule has 4 rings (SSSR count). The lowest BCUT2D eigenvalue weighted by Crippen LogP contribution is -2.38. The molecule has 1 fully saturated rings. The summed E-state index contributed by atoms with van der Waals surface area (Å²) in [4.78, 5) is 19.5. The molecule has 0 saturated heterocycles. The number of oxazole rings is 1. The number of ether oxygens (including phenoxy) is 1. The molecule has 1 unspecified atom stereocenters. The molecular formula is C20H24N4O3. The van der Waals surface area contributed by atoms with Crippen LogP contribution in [0.3, 0.4) is 0 Å². The molecule has 2 heterocycles. The van der Waals surface area contributed by atoms with Crippen molar-refractivity contribution in [1.29, 1.82) is 0 Å². The van der Waals surface area contributed by atoms with Crippen molar-refractivity contribution >= 4 is 17.0 Å². The smallest absolute Gasteiger partial charge is 0.414 e. The van der Waals surface area contributed by atoms with Crippen molar-refractivity contribution in [3.05, 3.63) is 48.2 Å². The summed E-state index contributed by atoms with van der Waals surface area (Å²) in [5.74, 6) is 0.480. The minimum absolute atomic E-state index is 0.132. The second-order valence-electron chi connectivity index (χ2n) is 7.06. The summed E-state index contributed by atoms with van der Waals surface area (Å²) in [6.45, 7) is 0. The van der Waals surface area contributed by atoms with Crippen LogP contribution in [0.25, 0.3) is 10.9 Å². The summed E-state index contributed by atoms with van der Waals surface area (Å²) in [5.41, 5.74) is 8.40. The predicted molar refractivity (Wildman–Crippen MR) is 101 cm³/mol. The number of nitrogens with one attached hydrogen (secondary N) is 2. The largest absolute Gasteiger partial charge is 0.443 e. The Morgan fingerprint density at radius 2 is 2.15 bits per heavy atom. The number of hydrogen-bond acceptors (Lipinski definition) is 5. The molecule has 0 aliphatic heterocycles. The SMILES string of the molecule is NC(Cc1c[nH]c2ccccc12)c1nc(OC(=O)NC2CCCCC2)co1. The molecule has 1 atom stereocenters. The highest BCUT2D eigenvalue weighted by Gasteiger charge is 2.20. The monoisotopic (exact) mass is 368 g/mol. The first-order valence-corrected chi connectivity index (χ1v) is 9.43. The Labute approximate surface area is 157 Å². The molecule has 142 valence electrons. The molecule has 0 bridgehead atoms. The number of benzene rings is 1. The fourth-order valence-electron chi connectivity index (χ4n) is 3.65. The van der Waals surface area contributed by atoms with E-state index in [9.17, 15) is 4.79 Å². The van der Waals surface area contributed by atoms with Crippen LogP contribution >= 0.6 is 0 Å². The Morgan fingerprint density at radius 3 is 3.00 bits per heavy atom. The summed E-state index contributed by atoms with van der Waals surface area (Å²) < 4.78 is 10.7. The molecule has 27 heavy (non-hydrogen) atoms. The number of carbonyl (C=O) groups is 1. The Balaban J connectivity index is 1.36. The van der Waals surface area contributed by atoms with Crippen molar-refractivity contribution in [2.75, 3.05) is 0 Å². The number of fused-ring (bicyclic) bond motifs is 1. The molecule has 3 aromatic rings. The molecule has 1 aromatic carbocycles. The van der Waals surface area contributed by atoms with Crippen LogP contribution in [0, 0.1) is 0 Å². The number of carbonyl (C=O) groups excluding carboxylic acids is 1. The van der Waals surface area contributed by atoms with E-state index in [0.29, 0.717) is 12.3 Å². The van der Waals surface area contributed by atoms with Crippen molar-refractivity contribution in [3.63, 3.8) is 0 Å². The van der Waals surface area contributed by atoms with E-state index in [4.69, 9.17) is 14.9 Å². The summed E-state index contributed by atoms with van der Waals surface area (Å²) >= 11 is 0. The zero-order chi connectivity index (χ0) is 18.6. The van der Waals surface area contributed by atoms with Crippen molar-refractivity contribution in [2.24, 2.45) is 5.73 Å². The number of hydrogen-bond donors (Lipinski definition) is 3. The second kappa shape index (κ2) is 7.84. The maximum atomic E-state index is 12.0. The quantitative estimate of drug-likeness (QED) is 0.635. The highest BCUT2D eigenvalue weighted by atomic mass is 16.6. The van der Waals surface area contributed by atoms with Gasteiger partial charge in [0.15, 0.2) is 6.26 Å². The van der Waals surface area contributed by atoms with Gasteiger partial charge in [-0.15, -0.1) is 0 Å². The lowest BCUT2D eigenvalue weighted by Gasteiger charge is -2.21. The molecule has 1 amide bonds. The van der Waals surface area contributed by atoms with Crippen LogP contribution < -0.4 is 15.8 Å². The lowest BCUT2D eigenvalue weighted by atomic mass is 9.96. The zero-order valence-electron chi connectivity index (χ0n) is 15.1. The lowest BCUT2D eigenvalue weighted by molar-refractivity contribution is 0.190. The van der Waals surface area contributed by atoms with Crippen molar-refractivity contribution in [1.82, 2.24) is 15.3 Å². The van der Waals surface area contributed by atoms with Gasteiger partial charge in [0.1, 0.15) is 0 Å². The number of aromatic amines is 1. The highest BCUT2D eigenvalue weighted by Crippen LogP contribution is 2.24. The number of rotatable bonds is 5. The molecule has 7 nitrogen and oxygen atoms in total. The highest BCUT2D eigenvalue weighted by molar-refractivity contribution is 5.83. The summed E-state index contributed by atoms with van der Waals surface area (Å²) in [6.07, 6.45) is 8.85. The number of amides is 1. The number of aromatic nitrogens is 2. The third-order valence-corrected chi connectivity index (χ3v) is 5.06. The first-order chi connectivity index (χ1) is 13.2. The maximum Gasteiger partial charge on any atom is 0.414 e. The fourth-order valence-corrected chi connectivity index (χ4v) is 3.65. The van der Waals surface area contributed by atoms with Crippen LogP contribution in [0.5, 0.6) is 5.88 Å². The second-order valence-corrected chi connectivity index (χ2v) is 7.06. The third-order valence-electron chi connectivity index (χ3n) is 5.06. The van der Waals surface area contributed by atoms with Crippen LogP contribution in [0.1, 0.15) is 49.6 Å². The Bertz CT molecular complexity index is 911. The Hall–Kier alpha value is -2.80. The minimum atomic E-state index is -0.494. The van der Waals surface area contributed by atoms with Gasteiger partial charge < -0.3 is 25.2 Å². The van der Waals surface area contributed by atoms with Gasteiger partial charge in [-0.3, -0.25) is 0 Å². The summed E-state index contributed by atoms with van der Waals surface area (Å²) in [5, 5.41) is 4.01. The standard InChI is InChI=1S/C20H24N4O3/c21-16(10-13-11-22-17-9-5-4-8-15(13)17)19-24-18(12-26-19)27-20(25)23-14-6-2-1-3-7-14/h4-5,8-9,11-12,14,16,22H,1-3,6-7,10,21H2,(H,23,25). The average Bonchev–Trinajstić information content (AvgIpc) is 3.30. The van der Waals surface area contributed by atoms with E-state index >= 15 is 0 Å². The Morgan fingerprint density at radius 1 is 1.33 bits per heavy atom. The van der Waals surface area contributed by atoms with Gasteiger partial charge in [0.25, 0.3) is 5.88 Å². The number of nitrogens with two attached hydrogens (primary N) is 1. The van der Waals surface area contributed by atoms with E-state index in [1.54, 1.807) is 0 Å². The fraction of sp³-hybridized carbons (Fsp3) is 0.400. The first kappa shape index (κ1) is 17.6. The van der Waals surface area contributed by atoms with Crippen LogP contribution in [0.2, 0.25) is 0 Å². The number of H-pyrrole nitrogens is 1. The minimum Gasteiger partial charge on any atom is -0.443 e. The van der Waals surface area contributed by atoms with Crippen molar-refractivity contribution in [2.45, 2.75) is 50.6 Å². The van der Waals surface area contributed by atoms with E-state index in [0.717, 1.165) is 42.1 Å². The van der Waals surface area contributed by atoms with Gasteiger partial charge in [-0.1, -0.05) is 37.5 Å². The van der Waals surface area contributed by atoms with E-state index < -0.39 is 12.1 Å². The van der Waals surface area contributed by atoms with Gasteiger partial charge in [0, 0.05) is 23.1 Å². The van der Waals surface area contributed by atoms with Crippen molar-refractivity contribution < 1.29 is 13.9 Å². The molecule has 0 radical (unpaired) electrons. The molecule has 2 aromatic heterocycles. The predicted octanol–water partition coefficient (Wildman–Crippen LogP) is 3.82. The topological polar surface area (TPSA) is 106 Å². The van der Waals surface area contributed by atoms with E-state index in [1.165, 1.54) is 12.7 Å². The van der Waals surface area contributed by atoms with Crippen LogP contribution in [-0.4, -0.2) is 22.1 Å². The Kier molecular flexibility index (Phi) is 5.11. The van der Waals surface area contributed by atoms with Crippen LogP contribution in [-0.2, 0) is 6.42 Å². The van der Waals surface area contributed by atoms with Gasteiger partial charge in [-0.25, -0.2) is 4.79 Å². The zero-order valence-corrected chi connectivity index (χ0v) is 15.1. The van der Waals surface area contributed by atoms with Crippen molar-refractivity contribution in [3.8, 4) is 5.88 Å². The molecule has 0 spiro atoms. The molecule has 7 heteroatoms. The van der Waals surface area contributed by atoms with Gasteiger partial charge in [0.05, 0.1) is 6.04 Å². The summed E-state index contributed by atoms with van der Waals surface area (Å²) in [6, 6.07) is 7.80. The molecule has 1 aliphatic rings. The average molecular weight is 368 g/mol. The number of nitrogens with zero attached hydrogens (tertiary/aromatic N) is 1. The van der Waals surface area contributed by atoms with E-state index in [2.05, 4.69) is 15.3 Å². The molecule has 1 saturated carbocycles. The van der Waals surface area contributed by atoms with Gasteiger partial charge in [-0.2, -0.15) is 4.98 Å². The molecule has 4 N–H and O–H groups in total. The van der Waals surface area contributed by atoms with E-state index in [-0.39, 0.29) is 11.9 Å². The number of para-hydroxylation sites is 1. The third kappa shape index (κ3) is 4.14. The van der Waals surface area contributed by atoms with Crippen LogP contribution in [0.4, 0.5) is 4.79 Å². The summed E-state index contributed by atoms with van der Waals surface area (Å²) in [7, 11) is 0. The normalized spacial score (nSPS) is 16.3. The van der Waals surface area contributed by atoms with E-state index in [1.807, 2.05) is 30.5 Å².